The van der Waals surface area contributed by atoms with Crippen molar-refractivity contribution >= 4 is 9.84 Å². The lowest BCUT2D eigenvalue weighted by Crippen LogP contribution is -2.06. The van der Waals surface area contributed by atoms with E-state index in [0.29, 0.717) is 5.75 Å². The average Bonchev–Trinajstić information content (AvgIpc) is 2.21. The minimum atomic E-state index is -3.21. The maximum Gasteiger partial charge on any atom is 0.181 e. The molecule has 0 aliphatic carbocycles. The van der Waals surface area contributed by atoms with Crippen molar-refractivity contribution in [2.24, 2.45) is 0 Å². The van der Waals surface area contributed by atoms with Gasteiger partial charge in [0.15, 0.2) is 9.84 Å². The van der Waals surface area contributed by atoms with E-state index >= 15 is 0 Å². The van der Waals surface area contributed by atoms with E-state index in [4.69, 9.17) is 4.74 Å². The van der Waals surface area contributed by atoms with Crippen molar-refractivity contribution in [3.05, 3.63) is 23.3 Å². The number of hydrogen-bond acceptors (Lipinski definition) is 3. The highest BCUT2D eigenvalue weighted by Gasteiger charge is 2.18. The molecule has 84 valence electrons. The first-order valence-electron chi connectivity index (χ1n) is 4.80. The molecule has 0 bridgehead atoms. The zero-order valence-electron chi connectivity index (χ0n) is 9.49. The Balaban J connectivity index is 3.48. The molecule has 0 radical (unpaired) electrons. The molecule has 0 aromatic heterocycles. The Morgan fingerprint density at radius 3 is 2.20 bits per heavy atom. The summed E-state index contributed by atoms with van der Waals surface area (Å²) in [6, 6.07) is 3.44. The van der Waals surface area contributed by atoms with Crippen LogP contribution < -0.4 is 4.74 Å². The molecule has 0 heterocycles. The van der Waals surface area contributed by atoms with Crippen molar-refractivity contribution in [2.45, 2.75) is 25.7 Å². The van der Waals surface area contributed by atoms with Crippen molar-refractivity contribution in [3.8, 4) is 5.75 Å². The molecule has 0 aliphatic rings. The highest BCUT2D eigenvalue weighted by Crippen LogP contribution is 2.27. The molecule has 0 amide bonds. The standard InChI is InChI=1S/C11H16O3S/c1-5-15(12,13)11-7-9(3)8(2)6-10(11)14-4/h6-7H,5H2,1-4H3. The van der Waals surface area contributed by atoms with Crippen LogP contribution in [0.5, 0.6) is 5.75 Å². The van der Waals surface area contributed by atoms with Gasteiger partial charge in [-0.15, -0.1) is 0 Å². The molecule has 0 unspecified atom stereocenters. The van der Waals surface area contributed by atoms with Gasteiger partial charge in [0.05, 0.1) is 12.9 Å². The zero-order chi connectivity index (χ0) is 11.6. The summed E-state index contributed by atoms with van der Waals surface area (Å²) in [6.07, 6.45) is 0. The lowest BCUT2D eigenvalue weighted by atomic mass is 10.1. The summed E-state index contributed by atoms with van der Waals surface area (Å²) in [5, 5.41) is 0. The van der Waals surface area contributed by atoms with Crippen molar-refractivity contribution in [2.75, 3.05) is 12.9 Å². The first-order valence-corrected chi connectivity index (χ1v) is 6.45. The molecule has 0 fully saturated rings. The first kappa shape index (κ1) is 12.0. The Bertz CT molecular complexity index is 461. The van der Waals surface area contributed by atoms with Crippen LogP contribution in [-0.4, -0.2) is 21.3 Å². The SMILES string of the molecule is CCS(=O)(=O)c1cc(C)c(C)cc1OC. The Morgan fingerprint density at radius 2 is 1.73 bits per heavy atom. The van der Waals surface area contributed by atoms with Crippen LogP contribution in [0.25, 0.3) is 0 Å². The molecule has 0 saturated heterocycles. The molecule has 1 aromatic rings. The van der Waals surface area contributed by atoms with Crippen LogP contribution in [0.4, 0.5) is 0 Å². The molecule has 4 heteroatoms. The van der Waals surface area contributed by atoms with Crippen molar-refractivity contribution in [1.29, 1.82) is 0 Å². The number of hydrogen-bond donors (Lipinski definition) is 0. The van der Waals surface area contributed by atoms with Gasteiger partial charge in [-0.1, -0.05) is 6.92 Å². The molecule has 1 aromatic carbocycles. The third-order valence-electron chi connectivity index (χ3n) is 2.50. The number of rotatable bonds is 3. The van der Waals surface area contributed by atoms with Gasteiger partial charge < -0.3 is 4.74 Å². The van der Waals surface area contributed by atoms with Crippen LogP contribution in [0.15, 0.2) is 17.0 Å². The summed E-state index contributed by atoms with van der Waals surface area (Å²) < 4.78 is 28.6. The van der Waals surface area contributed by atoms with Crippen molar-refractivity contribution in [1.82, 2.24) is 0 Å². The number of ether oxygens (including phenoxy) is 1. The molecular weight excluding hydrogens is 212 g/mol. The van der Waals surface area contributed by atoms with Crippen LogP contribution in [0.1, 0.15) is 18.1 Å². The zero-order valence-corrected chi connectivity index (χ0v) is 10.3. The fourth-order valence-electron chi connectivity index (χ4n) is 1.32. The average molecular weight is 228 g/mol. The van der Waals surface area contributed by atoms with Gasteiger partial charge in [0.1, 0.15) is 10.6 Å². The third-order valence-corrected chi connectivity index (χ3v) is 4.24. The van der Waals surface area contributed by atoms with E-state index in [2.05, 4.69) is 0 Å². The van der Waals surface area contributed by atoms with E-state index in [9.17, 15) is 8.42 Å². The molecule has 3 nitrogen and oxygen atoms in total. The number of aryl methyl sites for hydroxylation is 2. The molecule has 0 atom stereocenters. The second-order valence-electron chi connectivity index (χ2n) is 3.49. The quantitative estimate of drug-likeness (QED) is 0.795. The van der Waals surface area contributed by atoms with E-state index < -0.39 is 9.84 Å². The maximum absolute atomic E-state index is 11.8. The summed E-state index contributed by atoms with van der Waals surface area (Å²) in [5.74, 6) is 0.520. The lowest BCUT2D eigenvalue weighted by molar-refractivity contribution is 0.402. The second-order valence-corrected chi connectivity index (χ2v) is 5.74. The van der Waals surface area contributed by atoms with Gasteiger partial charge in [-0.2, -0.15) is 0 Å². The second kappa shape index (κ2) is 4.23. The fraction of sp³-hybridized carbons (Fsp3) is 0.455. The summed E-state index contributed by atoms with van der Waals surface area (Å²) in [7, 11) is -1.72. The topological polar surface area (TPSA) is 43.4 Å². The van der Waals surface area contributed by atoms with E-state index in [1.165, 1.54) is 7.11 Å². The van der Waals surface area contributed by atoms with Crippen molar-refractivity contribution in [3.63, 3.8) is 0 Å². The molecule has 1 rings (SSSR count). The van der Waals surface area contributed by atoms with Crippen LogP contribution in [0, 0.1) is 13.8 Å². The largest absolute Gasteiger partial charge is 0.495 e. The van der Waals surface area contributed by atoms with Crippen LogP contribution in [0.3, 0.4) is 0 Å². The summed E-state index contributed by atoms with van der Waals surface area (Å²) in [5.41, 5.74) is 1.99. The van der Waals surface area contributed by atoms with Crippen LogP contribution in [0.2, 0.25) is 0 Å². The normalized spacial score (nSPS) is 11.5. The first-order chi connectivity index (χ1) is 6.92. The Hall–Kier alpha value is -1.03. The van der Waals surface area contributed by atoms with Gasteiger partial charge in [-0.25, -0.2) is 8.42 Å². The van der Waals surface area contributed by atoms with Gasteiger partial charge in [0.25, 0.3) is 0 Å². The van der Waals surface area contributed by atoms with Crippen molar-refractivity contribution < 1.29 is 13.2 Å². The van der Waals surface area contributed by atoms with Crippen LogP contribution >= 0.6 is 0 Å². The van der Waals surface area contributed by atoms with E-state index in [1.54, 1.807) is 19.1 Å². The number of benzene rings is 1. The van der Waals surface area contributed by atoms with Gasteiger partial charge in [-0.3, -0.25) is 0 Å². The highest BCUT2D eigenvalue weighted by atomic mass is 32.2. The third kappa shape index (κ3) is 2.31. The summed E-state index contributed by atoms with van der Waals surface area (Å²) >= 11 is 0. The van der Waals surface area contributed by atoms with E-state index in [0.717, 1.165) is 11.1 Å². The predicted octanol–water partition coefficient (Wildman–Crippen LogP) is 2.11. The molecule has 0 aliphatic heterocycles. The number of sulfone groups is 1. The van der Waals surface area contributed by atoms with Gasteiger partial charge >= 0.3 is 0 Å². The lowest BCUT2D eigenvalue weighted by Gasteiger charge is -2.11. The van der Waals surface area contributed by atoms with E-state index in [-0.39, 0.29) is 10.6 Å². The molecule has 0 N–H and O–H groups in total. The van der Waals surface area contributed by atoms with Gasteiger partial charge in [0.2, 0.25) is 0 Å². The Labute approximate surface area is 91.0 Å². The van der Waals surface area contributed by atoms with E-state index in [1.807, 2.05) is 13.8 Å². The van der Waals surface area contributed by atoms with Gasteiger partial charge in [0, 0.05) is 0 Å². The summed E-state index contributed by atoms with van der Waals surface area (Å²) in [4.78, 5) is 0.288. The minimum absolute atomic E-state index is 0.0891. The predicted molar refractivity (Wildman–Crippen MR) is 60.2 cm³/mol. The summed E-state index contributed by atoms with van der Waals surface area (Å²) in [6.45, 7) is 5.45. The number of methoxy groups -OCH3 is 1. The molecule has 0 spiro atoms. The van der Waals surface area contributed by atoms with Crippen LogP contribution in [-0.2, 0) is 9.84 Å². The monoisotopic (exact) mass is 228 g/mol. The molecule has 15 heavy (non-hydrogen) atoms. The fourth-order valence-corrected chi connectivity index (χ4v) is 2.44. The minimum Gasteiger partial charge on any atom is -0.495 e. The Kier molecular flexibility index (Phi) is 3.39. The smallest absolute Gasteiger partial charge is 0.181 e. The highest BCUT2D eigenvalue weighted by molar-refractivity contribution is 7.91. The maximum atomic E-state index is 11.8. The van der Waals surface area contributed by atoms with Gasteiger partial charge in [-0.05, 0) is 37.1 Å². The Morgan fingerprint density at radius 1 is 1.20 bits per heavy atom. The molecule has 0 saturated carbocycles. The molecular formula is C11H16O3S.